The van der Waals surface area contributed by atoms with Crippen LogP contribution in [0.5, 0.6) is 0 Å². The first-order valence-corrected chi connectivity index (χ1v) is 7.53. The number of aromatic nitrogens is 2. The van der Waals surface area contributed by atoms with Crippen LogP contribution in [0.2, 0.25) is 0 Å². The van der Waals surface area contributed by atoms with E-state index in [9.17, 15) is 0 Å². The molecule has 0 bridgehead atoms. The molecule has 2 heterocycles. The third-order valence-corrected chi connectivity index (χ3v) is 4.35. The minimum absolute atomic E-state index is 0.523. The average molecular weight is 255 g/mol. The summed E-state index contributed by atoms with van der Waals surface area (Å²) >= 11 is 3.66. The Morgan fingerprint density at radius 1 is 1.62 bits per heavy atom. The van der Waals surface area contributed by atoms with Gasteiger partial charge in [0.25, 0.3) is 0 Å². The van der Waals surface area contributed by atoms with Crippen LogP contribution in [0, 0.1) is 0 Å². The fourth-order valence-corrected chi connectivity index (χ4v) is 3.15. The molecule has 88 valence electrons. The first kappa shape index (κ1) is 12.0. The van der Waals surface area contributed by atoms with Crippen molar-refractivity contribution in [1.82, 2.24) is 14.7 Å². The van der Waals surface area contributed by atoms with Crippen molar-refractivity contribution in [3.05, 3.63) is 23.5 Å². The minimum atomic E-state index is 0.523. The molecule has 1 unspecified atom stereocenters. The first-order chi connectivity index (χ1) is 7.83. The molecular formula is C11H17N3S2. The number of fused-ring (bicyclic) bond motifs is 1. The summed E-state index contributed by atoms with van der Waals surface area (Å²) in [6.45, 7) is 2.20. The molecule has 0 fully saturated rings. The fraction of sp³-hybridized carbons (Fsp3) is 0.545. The quantitative estimate of drug-likeness (QED) is 0.858. The Labute approximate surface area is 104 Å². The Morgan fingerprint density at radius 2 is 2.50 bits per heavy atom. The summed E-state index contributed by atoms with van der Waals surface area (Å²) in [5.41, 5.74) is 1.18. The number of nitrogens with zero attached hydrogens (tertiary/aromatic N) is 2. The van der Waals surface area contributed by atoms with E-state index < -0.39 is 0 Å². The van der Waals surface area contributed by atoms with Gasteiger partial charge < -0.3 is 5.32 Å². The van der Waals surface area contributed by atoms with Crippen LogP contribution in [-0.2, 0) is 6.42 Å². The number of nitrogens with one attached hydrogen (secondary N) is 1. The van der Waals surface area contributed by atoms with Crippen molar-refractivity contribution in [3.8, 4) is 0 Å². The molecule has 1 atom stereocenters. The predicted octanol–water partition coefficient (Wildman–Crippen LogP) is 2.28. The molecule has 5 heteroatoms. The molecule has 1 N–H and O–H groups in total. The van der Waals surface area contributed by atoms with Gasteiger partial charge in [0.1, 0.15) is 0 Å². The van der Waals surface area contributed by atoms with Crippen LogP contribution in [0.25, 0.3) is 4.96 Å². The van der Waals surface area contributed by atoms with Gasteiger partial charge in [-0.2, -0.15) is 11.8 Å². The lowest BCUT2D eigenvalue weighted by Gasteiger charge is -2.13. The summed E-state index contributed by atoms with van der Waals surface area (Å²) in [4.78, 5) is 5.69. The van der Waals surface area contributed by atoms with E-state index in [-0.39, 0.29) is 0 Å². The third-order valence-electron chi connectivity index (χ3n) is 2.53. The van der Waals surface area contributed by atoms with Gasteiger partial charge in [0.15, 0.2) is 4.96 Å². The molecule has 0 saturated carbocycles. The van der Waals surface area contributed by atoms with Crippen molar-refractivity contribution in [3.63, 3.8) is 0 Å². The van der Waals surface area contributed by atoms with E-state index in [1.807, 2.05) is 18.8 Å². The topological polar surface area (TPSA) is 29.3 Å². The van der Waals surface area contributed by atoms with Gasteiger partial charge in [0, 0.05) is 36.0 Å². The maximum absolute atomic E-state index is 4.60. The van der Waals surface area contributed by atoms with E-state index in [4.69, 9.17) is 0 Å². The number of imidazole rings is 1. The highest BCUT2D eigenvalue weighted by molar-refractivity contribution is 7.99. The van der Waals surface area contributed by atoms with Crippen LogP contribution in [-0.4, -0.2) is 34.0 Å². The monoisotopic (exact) mass is 255 g/mol. The summed E-state index contributed by atoms with van der Waals surface area (Å²) in [5, 5.41) is 5.42. The maximum atomic E-state index is 4.60. The number of hydrogen-bond acceptors (Lipinski definition) is 4. The van der Waals surface area contributed by atoms with Gasteiger partial charge in [-0.3, -0.25) is 4.40 Å². The molecule has 2 rings (SSSR count). The lowest BCUT2D eigenvalue weighted by Crippen LogP contribution is -2.30. The number of hydrogen-bond donors (Lipinski definition) is 1. The van der Waals surface area contributed by atoms with Crippen molar-refractivity contribution in [1.29, 1.82) is 0 Å². The largest absolute Gasteiger partial charge is 0.316 e. The smallest absolute Gasteiger partial charge is 0.193 e. The molecule has 2 aromatic heterocycles. The average Bonchev–Trinajstić information content (AvgIpc) is 2.84. The highest BCUT2D eigenvalue weighted by atomic mass is 32.2. The molecule has 16 heavy (non-hydrogen) atoms. The Hall–Kier alpha value is -0.520. The molecule has 0 aliphatic heterocycles. The van der Waals surface area contributed by atoms with Crippen molar-refractivity contribution in [2.75, 3.05) is 18.6 Å². The van der Waals surface area contributed by atoms with Crippen molar-refractivity contribution in [2.24, 2.45) is 0 Å². The number of thiazole rings is 1. The van der Waals surface area contributed by atoms with Gasteiger partial charge in [-0.1, -0.05) is 6.92 Å². The van der Waals surface area contributed by atoms with Gasteiger partial charge in [-0.05, 0) is 12.8 Å². The van der Waals surface area contributed by atoms with Gasteiger partial charge in [-0.15, -0.1) is 11.3 Å². The van der Waals surface area contributed by atoms with Crippen molar-refractivity contribution >= 4 is 28.1 Å². The second kappa shape index (κ2) is 5.70. The highest BCUT2D eigenvalue weighted by Crippen LogP contribution is 2.13. The SMILES string of the molecule is CCSCC(Cc1cn2ccsc2n1)NC. The fourth-order valence-electron chi connectivity index (χ4n) is 1.63. The summed E-state index contributed by atoms with van der Waals surface area (Å²) in [5.74, 6) is 2.33. The van der Waals surface area contributed by atoms with E-state index in [1.54, 1.807) is 11.3 Å². The van der Waals surface area contributed by atoms with Crippen LogP contribution in [0.15, 0.2) is 17.8 Å². The molecule has 3 nitrogen and oxygen atoms in total. The van der Waals surface area contributed by atoms with Gasteiger partial charge in [0.2, 0.25) is 0 Å². The van der Waals surface area contributed by atoms with Crippen molar-refractivity contribution in [2.45, 2.75) is 19.4 Å². The zero-order chi connectivity index (χ0) is 11.4. The second-order valence-electron chi connectivity index (χ2n) is 3.67. The zero-order valence-corrected chi connectivity index (χ0v) is 11.3. The summed E-state index contributed by atoms with van der Waals surface area (Å²) < 4.78 is 2.10. The van der Waals surface area contributed by atoms with E-state index in [0.29, 0.717) is 6.04 Å². The van der Waals surface area contributed by atoms with E-state index >= 15 is 0 Å². The molecule has 2 aromatic rings. The zero-order valence-electron chi connectivity index (χ0n) is 9.64. The molecule has 0 amide bonds. The summed E-state index contributed by atoms with van der Waals surface area (Å²) in [7, 11) is 2.03. The molecule has 0 saturated heterocycles. The van der Waals surface area contributed by atoms with Crippen LogP contribution in [0.3, 0.4) is 0 Å². The molecule has 0 spiro atoms. The molecular weight excluding hydrogens is 238 g/mol. The van der Waals surface area contributed by atoms with Crippen LogP contribution < -0.4 is 5.32 Å². The van der Waals surface area contributed by atoms with Gasteiger partial charge in [0.05, 0.1) is 5.69 Å². The van der Waals surface area contributed by atoms with E-state index in [2.05, 4.69) is 39.4 Å². The third kappa shape index (κ3) is 2.78. The first-order valence-electron chi connectivity index (χ1n) is 5.49. The normalized spacial score (nSPS) is 13.4. The number of rotatable bonds is 6. The predicted molar refractivity (Wildman–Crippen MR) is 72.6 cm³/mol. The highest BCUT2D eigenvalue weighted by Gasteiger charge is 2.10. The van der Waals surface area contributed by atoms with Crippen LogP contribution >= 0.6 is 23.1 Å². The van der Waals surface area contributed by atoms with Crippen LogP contribution in [0.4, 0.5) is 0 Å². The van der Waals surface area contributed by atoms with Crippen LogP contribution in [0.1, 0.15) is 12.6 Å². The Morgan fingerprint density at radius 3 is 3.19 bits per heavy atom. The number of thioether (sulfide) groups is 1. The molecule has 0 aromatic carbocycles. The van der Waals surface area contributed by atoms with E-state index in [0.717, 1.165) is 17.1 Å². The lowest BCUT2D eigenvalue weighted by molar-refractivity contribution is 0.611. The van der Waals surface area contributed by atoms with E-state index in [1.165, 1.54) is 11.4 Å². The standard InChI is InChI=1S/C11H17N3S2/c1-3-15-8-10(12-2)6-9-7-14-4-5-16-11(14)13-9/h4-5,7,10,12H,3,6,8H2,1-2H3. The van der Waals surface area contributed by atoms with Gasteiger partial charge in [-0.25, -0.2) is 4.98 Å². The molecule has 0 aliphatic rings. The Bertz CT molecular complexity index is 407. The number of likely N-dealkylation sites (N-methyl/N-ethyl adjacent to an activating group) is 1. The summed E-state index contributed by atoms with van der Waals surface area (Å²) in [6.07, 6.45) is 5.20. The molecule has 0 aliphatic carbocycles. The minimum Gasteiger partial charge on any atom is -0.316 e. The molecule has 0 radical (unpaired) electrons. The van der Waals surface area contributed by atoms with Crippen molar-refractivity contribution < 1.29 is 0 Å². The van der Waals surface area contributed by atoms with Gasteiger partial charge >= 0.3 is 0 Å². The second-order valence-corrected chi connectivity index (χ2v) is 5.87. The lowest BCUT2D eigenvalue weighted by atomic mass is 10.2. The summed E-state index contributed by atoms with van der Waals surface area (Å²) in [6, 6.07) is 0.523. The Balaban J connectivity index is 1.99. The Kier molecular flexibility index (Phi) is 4.26. The maximum Gasteiger partial charge on any atom is 0.193 e.